The Morgan fingerprint density at radius 1 is 1.07 bits per heavy atom. The molecule has 300 valence electrons. The Kier molecular flexibility index (Phi) is 12.2. The van der Waals surface area contributed by atoms with Crippen molar-refractivity contribution in [1.29, 1.82) is 0 Å². The van der Waals surface area contributed by atoms with Gasteiger partial charge in [-0.25, -0.2) is 22.2 Å². The van der Waals surface area contributed by atoms with E-state index in [2.05, 4.69) is 16.6 Å². The number of benzene rings is 1. The summed E-state index contributed by atoms with van der Waals surface area (Å²) < 4.78 is 71.2. The second-order valence-electron chi connectivity index (χ2n) is 16.1. The van der Waals surface area contributed by atoms with Gasteiger partial charge in [0.25, 0.3) is 6.43 Å². The lowest BCUT2D eigenvalue weighted by molar-refractivity contribution is -0.154. The van der Waals surface area contributed by atoms with Crippen LogP contribution in [0.1, 0.15) is 85.5 Å². The Labute approximate surface area is 320 Å². The van der Waals surface area contributed by atoms with Crippen molar-refractivity contribution in [1.82, 2.24) is 14.6 Å². The molecule has 1 N–H and O–H groups in total. The van der Waals surface area contributed by atoms with E-state index in [0.29, 0.717) is 36.5 Å². The van der Waals surface area contributed by atoms with Crippen LogP contribution in [0, 0.1) is 29.1 Å². The summed E-state index contributed by atoms with van der Waals surface area (Å²) in [6.07, 6.45) is 4.24. The van der Waals surface area contributed by atoms with Crippen LogP contribution in [0.15, 0.2) is 42.6 Å². The first-order chi connectivity index (χ1) is 26.1. The number of ketones is 1. The molecule has 3 heterocycles. The van der Waals surface area contributed by atoms with Crippen LogP contribution < -0.4 is 14.2 Å². The molecule has 2 aromatic rings. The van der Waals surface area contributed by atoms with Crippen molar-refractivity contribution in [3.63, 3.8) is 0 Å². The first kappa shape index (κ1) is 40.5. The summed E-state index contributed by atoms with van der Waals surface area (Å²) in [5, 5.41) is 0.340. The third kappa shape index (κ3) is 9.46. The number of carbonyl (C=O) groups is 4. The number of pyridine rings is 1. The number of hydrogen-bond acceptors (Lipinski definition) is 10. The summed E-state index contributed by atoms with van der Waals surface area (Å²) >= 11 is 0. The second-order valence-corrected chi connectivity index (χ2v) is 18.1. The third-order valence-corrected chi connectivity index (χ3v) is 13.1. The van der Waals surface area contributed by atoms with Crippen LogP contribution in [-0.2, 0) is 33.9 Å². The maximum atomic E-state index is 14.8. The van der Waals surface area contributed by atoms with Gasteiger partial charge in [-0.2, -0.15) is 0 Å². The van der Waals surface area contributed by atoms with Crippen LogP contribution in [0.3, 0.4) is 0 Å². The second kappa shape index (κ2) is 16.5. The van der Waals surface area contributed by atoms with E-state index in [9.17, 15) is 36.4 Å². The van der Waals surface area contributed by atoms with Crippen LogP contribution in [0.2, 0.25) is 0 Å². The molecule has 7 atom stereocenters. The van der Waals surface area contributed by atoms with E-state index in [1.165, 1.54) is 11.1 Å². The molecule has 2 aliphatic carbocycles. The normalized spacial score (nSPS) is 29.6. The highest BCUT2D eigenvalue weighted by Gasteiger charge is 2.61. The molecule has 1 saturated heterocycles. The van der Waals surface area contributed by atoms with Gasteiger partial charge in [0, 0.05) is 23.6 Å². The predicted molar refractivity (Wildman–Crippen MR) is 199 cm³/mol. The van der Waals surface area contributed by atoms with Crippen molar-refractivity contribution in [2.75, 3.05) is 13.2 Å². The first-order valence-electron chi connectivity index (χ1n) is 19.3. The number of amides is 2. The summed E-state index contributed by atoms with van der Waals surface area (Å²) in [6.45, 7) is 6.62. The molecule has 0 bridgehead atoms. The van der Waals surface area contributed by atoms with Gasteiger partial charge in [0.1, 0.15) is 18.5 Å². The summed E-state index contributed by atoms with van der Waals surface area (Å²) in [7, 11) is -3.89. The number of aromatic nitrogens is 1. The number of alkyl halides is 2. The number of halogens is 2. The van der Waals surface area contributed by atoms with Gasteiger partial charge in [-0.05, 0) is 76.2 Å². The maximum absolute atomic E-state index is 14.8. The number of fused-ring (bicyclic) bond motifs is 3. The molecule has 0 radical (unpaired) electrons. The fourth-order valence-corrected chi connectivity index (χ4v) is 9.52. The Morgan fingerprint density at radius 3 is 2.49 bits per heavy atom. The Morgan fingerprint density at radius 2 is 1.80 bits per heavy atom. The molecule has 2 aliphatic heterocycles. The topological polar surface area (TPSA) is 158 Å². The van der Waals surface area contributed by atoms with E-state index in [1.54, 1.807) is 38.1 Å². The Bertz CT molecular complexity index is 1920. The number of nitrogens with zero attached hydrogens (tertiary/aromatic N) is 2. The highest BCUT2D eigenvalue weighted by Crippen LogP contribution is 2.57. The van der Waals surface area contributed by atoms with Crippen molar-refractivity contribution in [3.05, 3.63) is 42.6 Å². The zero-order chi connectivity index (χ0) is 39.7. The number of ether oxygens (including phenoxy) is 3. The van der Waals surface area contributed by atoms with Gasteiger partial charge in [-0.15, -0.1) is 0 Å². The minimum Gasteiger partial charge on any atom is -0.485 e. The zero-order valence-corrected chi connectivity index (χ0v) is 32.6. The molecule has 0 spiro atoms. The minimum absolute atomic E-state index is 0.0362. The maximum Gasteiger partial charge on any atom is 0.306 e. The summed E-state index contributed by atoms with van der Waals surface area (Å²) in [6, 6.07) is 5.80. The van der Waals surface area contributed by atoms with E-state index in [-0.39, 0.29) is 61.6 Å². The molecule has 55 heavy (non-hydrogen) atoms. The Balaban J connectivity index is 1.34. The zero-order valence-electron chi connectivity index (χ0n) is 31.7. The highest BCUT2D eigenvalue weighted by atomic mass is 32.2. The minimum atomic E-state index is -3.89. The fourth-order valence-electron chi connectivity index (χ4n) is 8.14. The molecule has 6 rings (SSSR count). The lowest BCUT2D eigenvalue weighted by Crippen LogP contribution is -2.47. The van der Waals surface area contributed by atoms with Crippen LogP contribution >= 0.6 is 0 Å². The summed E-state index contributed by atoms with van der Waals surface area (Å²) in [4.78, 5) is 62.0. The molecule has 2 amide bonds. The van der Waals surface area contributed by atoms with E-state index in [4.69, 9.17) is 14.2 Å². The van der Waals surface area contributed by atoms with Crippen LogP contribution in [0.25, 0.3) is 10.8 Å². The number of Topliss-reactive ketones (excluding diaryl/α,β-unsaturated/α-hetero) is 1. The van der Waals surface area contributed by atoms with Gasteiger partial charge in [-0.1, -0.05) is 44.2 Å². The van der Waals surface area contributed by atoms with Crippen molar-refractivity contribution in [2.45, 2.75) is 115 Å². The fraction of sp³-hybridized carbons (Fsp3) is 0.625. The summed E-state index contributed by atoms with van der Waals surface area (Å²) in [5.74, 6) is -3.01. The van der Waals surface area contributed by atoms with Gasteiger partial charge >= 0.3 is 5.97 Å². The standard InChI is InChI=1S/C40H51F2N3O9S/c1-23(2)53-36(47)17-31-25(4)15-24(3)9-5-6-10-26-18-40(26,39(49)44-55(50,51)28-13-14-28)19-33(46)32-16-27(21-45(32)38(31)48)54-37-30-12-8-7-11-29(30)34(20-43-37)52-22-35(41)42/h6-8,10-12,20,23-28,31-32,35H,5,9,13-19,21-22H2,1-4H3,(H,44,49)/b10-6-/t24-,25-,26-,27-,31+,32+,40-/m1/s1. The molecule has 0 unspecified atom stereocenters. The molecule has 2 saturated carbocycles. The third-order valence-electron chi connectivity index (χ3n) is 11.3. The number of allylic oxidation sites excluding steroid dienone is 2. The summed E-state index contributed by atoms with van der Waals surface area (Å²) in [5.41, 5.74) is -1.30. The number of nitrogens with one attached hydrogen (secondary N) is 1. The van der Waals surface area contributed by atoms with Crippen molar-refractivity contribution >= 4 is 44.4 Å². The highest BCUT2D eigenvalue weighted by molar-refractivity contribution is 7.90. The molecule has 12 nitrogen and oxygen atoms in total. The van der Waals surface area contributed by atoms with E-state index in [0.717, 1.165) is 6.42 Å². The largest absolute Gasteiger partial charge is 0.485 e. The lowest BCUT2D eigenvalue weighted by atomic mass is 9.82. The monoisotopic (exact) mass is 787 g/mol. The van der Waals surface area contributed by atoms with E-state index < -0.39 is 81.5 Å². The van der Waals surface area contributed by atoms with Crippen LogP contribution in [0.5, 0.6) is 11.6 Å². The molecule has 15 heteroatoms. The quantitative estimate of drug-likeness (QED) is 0.219. The average molecular weight is 788 g/mol. The number of esters is 1. The van der Waals surface area contributed by atoms with E-state index in [1.807, 2.05) is 19.1 Å². The molecule has 4 aliphatic rings. The van der Waals surface area contributed by atoms with Gasteiger partial charge in [0.2, 0.25) is 27.7 Å². The average Bonchev–Trinajstić information content (AvgIpc) is 4.05. The van der Waals surface area contributed by atoms with Crippen LogP contribution in [-0.4, -0.2) is 84.9 Å². The number of carbonyl (C=O) groups excluding carboxylic acids is 4. The molecule has 1 aromatic carbocycles. The lowest BCUT2D eigenvalue weighted by Gasteiger charge is -2.32. The first-order valence-corrected chi connectivity index (χ1v) is 20.8. The number of hydrogen-bond donors (Lipinski definition) is 1. The Hall–Kier alpha value is -4.14. The van der Waals surface area contributed by atoms with Gasteiger partial charge in [0.05, 0.1) is 47.9 Å². The van der Waals surface area contributed by atoms with Crippen molar-refractivity contribution < 1.29 is 50.6 Å². The number of sulfonamides is 1. The van der Waals surface area contributed by atoms with E-state index >= 15 is 0 Å². The number of rotatable bonds is 11. The van der Waals surface area contributed by atoms with Gasteiger partial charge in [-0.3, -0.25) is 23.9 Å². The van der Waals surface area contributed by atoms with Gasteiger partial charge in [0.15, 0.2) is 5.78 Å². The van der Waals surface area contributed by atoms with Crippen LogP contribution in [0.4, 0.5) is 8.78 Å². The van der Waals surface area contributed by atoms with Crippen molar-refractivity contribution in [2.24, 2.45) is 29.1 Å². The molecule has 1 aromatic heterocycles. The molecule has 3 fully saturated rings. The van der Waals surface area contributed by atoms with Crippen molar-refractivity contribution in [3.8, 4) is 11.6 Å². The SMILES string of the molecule is CC(C)OC(=O)C[C@@H]1C(=O)N2C[C@H](Oc3ncc(OCC(F)F)c4ccccc34)C[C@H]2C(=O)C[C@]2(C(=O)NS(=O)(=O)C3CC3)C[C@H]2/C=C\CC[C@@H](C)C[C@H]1C. The van der Waals surface area contributed by atoms with Gasteiger partial charge < -0.3 is 19.1 Å². The molecular weight excluding hydrogens is 737 g/mol. The molecular formula is C40H51F2N3O9S. The predicted octanol–water partition coefficient (Wildman–Crippen LogP) is 5.77. The smallest absolute Gasteiger partial charge is 0.306 e.